The van der Waals surface area contributed by atoms with Gasteiger partial charge >= 0.3 is 0 Å². The number of nitrogens with zero attached hydrogens (tertiary/aromatic N) is 2. The molecule has 0 unspecified atom stereocenters. The number of aliphatic hydroxyl groups is 1. The van der Waals surface area contributed by atoms with Crippen molar-refractivity contribution in [2.24, 2.45) is 7.05 Å². The van der Waals surface area contributed by atoms with Crippen LogP contribution in [-0.4, -0.2) is 27.0 Å². The molecule has 1 heterocycles. The molecule has 2 aromatic rings. The maximum absolute atomic E-state index is 9.08. The predicted octanol–water partition coefficient (Wildman–Crippen LogP) is 2.47. The van der Waals surface area contributed by atoms with Gasteiger partial charge in [-0.3, -0.25) is 0 Å². The number of hydrogen-bond acceptors (Lipinski definition) is 4. The van der Waals surface area contributed by atoms with E-state index in [0.29, 0.717) is 6.61 Å². The molecule has 0 aliphatic carbocycles. The Labute approximate surface area is 117 Å². The first-order chi connectivity index (χ1) is 9.31. The van der Waals surface area contributed by atoms with E-state index in [0.717, 1.165) is 28.8 Å². The molecule has 1 aromatic heterocycles. The van der Waals surface area contributed by atoms with Crippen molar-refractivity contribution < 1.29 is 9.84 Å². The fourth-order valence-electron chi connectivity index (χ4n) is 1.64. The summed E-state index contributed by atoms with van der Waals surface area (Å²) in [4.78, 5) is 4.27. The lowest BCUT2D eigenvalue weighted by atomic mass is 10.3. The van der Waals surface area contributed by atoms with Crippen molar-refractivity contribution in [2.45, 2.75) is 18.2 Å². The highest BCUT2D eigenvalue weighted by Gasteiger charge is 2.05. The van der Waals surface area contributed by atoms with Crippen molar-refractivity contribution in [3.05, 3.63) is 42.2 Å². The summed E-state index contributed by atoms with van der Waals surface area (Å²) >= 11 is 1.68. The molecule has 1 aromatic carbocycles. The normalized spacial score (nSPS) is 10.6. The second-order valence-electron chi connectivity index (χ2n) is 4.11. The first-order valence-electron chi connectivity index (χ1n) is 6.23. The fourth-order valence-corrected chi connectivity index (χ4v) is 2.52. The lowest BCUT2D eigenvalue weighted by Gasteiger charge is -2.06. The van der Waals surface area contributed by atoms with Crippen LogP contribution in [0.2, 0.25) is 0 Å². The SMILES string of the molecule is Cn1c(CO)cnc1SCCCOc1ccccc1. The van der Waals surface area contributed by atoms with Gasteiger partial charge in [-0.1, -0.05) is 30.0 Å². The zero-order chi connectivity index (χ0) is 13.5. The Kier molecular flexibility index (Phi) is 5.30. The Balaban J connectivity index is 1.68. The van der Waals surface area contributed by atoms with E-state index in [2.05, 4.69) is 4.98 Å². The minimum absolute atomic E-state index is 0.0289. The maximum Gasteiger partial charge on any atom is 0.167 e. The molecule has 0 atom stereocenters. The summed E-state index contributed by atoms with van der Waals surface area (Å²) in [5, 5.41) is 10.0. The van der Waals surface area contributed by atoms with Crippen LogP contribution in [0.15, 0.2) is 41.7 Å². The molecular weight excluding hydrogens is 260 g/mol. The van der Waals surface area contributed by atoms with Crippen LogP contribution in [0.1, 0.15) is 12.1 Å². The highest BCUT2D eigenvalue weighted by Crippen LogP contribution is 2.18. The minimum Gasteiger partial charge on any atom is -0.494 e. The zero-order valence-electron chi connectivity index (χ0n) is 11.0. The molecule has 0 bridgehead atoms. The molecule has 5 heteroatoms. The molecule has 4 nitrogen and oxygen atoms in total. The van der Waals surface area contributed by atoms with E-state index in [-0.39, 0.29) is 6.61 Å². The molecule has 102 valence electrons. The zero-order valence-corrected chi connectivity index (χ0v) is 11.8. The molecule has 0 amide bonds. The Morgan fingerprint density at radius 2 is 2.11 bits per heavy atom. The largest absolute Gasteiger partial charge is 0.494 e. The topological polar surface area (TPSA) is 47.3 Å². The third-order valence-electron chi connectivity index (χ3n) is 2.74. The molecule has 1 N–H and O–H groups in total. The van der Waals surface area contributed by atoms with E-state index in [1.807, 2.05) is 41.9 Å². The van der Waals surface area contributed by atoms with Crippen molar-refractivity contribution in [3.63, 3.8) is 0 Å². The number of benzene rings is 1. The Morgan fingerprint density at radius 3 is 2.79 bits per heavy atom. The van der Waals surface area contributed by atoms with Crippen LogP contribution in [0.25, 0.3) is 0 Å². The molecule has 0 saturated heterocycles. The fraction of sp³-hybridized carbons (Fsp3) is 0.357. The lowest BCUT2D eigenvalue weighted by molar-refractivity contribution is 0.271. The van der Waals surface area contributed by atoms with Crippen molar-refractivity contribution in [1.29, 1.82) is 0 Å². The highest BCUT2D eigenvalue weighted by molar-refractivity contribution is 7.99. The lowest BCUT2D eigenvalue weighted by Crippen LogP contribution is -2.00. The molecule has 0 spiro atoms. The van der Waals surface area contributed by atoms with Crippen molar-refractivity contribution >= 4 is 11.8 Å². The number of imidazole rings is 1. The van der Waals surface area contributed by atoms with Gasteiger partial charge in [0.25, 0.3) is 0 Å². The van der Waals surface area contributed by atoms with E-state index in [1.54, 1.807) is 18.0 Å². The highest BCUT2D eigenvalue weighted by atomic mass is 32.2. The average molecular weight is 278 g/mol. The Hall–Kier alpha value is -1.46. The number of hydrogen-bond donors (Lipinski definition) is 1. The van der Waals surface area contributed by atoms with Crippen LogP contribution >= 0.6 is 11.8 Å². The molecule has 0 radical (unpaired) electrons. The summed E-state index contributed by atoms with van der Waals surface area (Å²) in [7, 11) is 1.92. The third kappa shape index (κ3) is 4.01. The van der Waals surface area contributed by atoms with Gasteiger partial charge in [0.05, 0.1) is 25.1 Å². The van der Waals surface area contributed by atoms with Crippen LogP contribution < -0.4 is 4.74 Å². The van der Waals surface area contributed by atoms with Gasteiger partial charge in [-0.25, -0.2) is 4.98 Å². The minimum atomic E-state index is 0.0289. The number of para-hydroxylation sites is 1. The Morgan fingerprint density at radius 1 is 1.32 bits per heavy atom. The van der Waals surface area contributed by atoms with Gasteiger partial charge in [0, 0.05) is 12.8 Å². The molecule has 0 aliphatic heterocycles. The first kappa shape index (κ1) is 14.0. The van der Waals surface area contributed by atoms with Crippen molar-refractivity contribution in [2.75, 3.05) is 12.4 Å². The second-order valence-corrected chi connectivity index (χ2v) is 5.17. The van der Waals surface area contributed by atoms with E-state index in [4.69, 9.17) is 9.84 Å². The van der Waals surface area contributed by atoms with Crippen LogP contribution in [-0.2, 0) is 13.7 Å². The third-order valence-corrected chi connectivity index (χ3v) is 3.87. The first-order valence-corrected chi connectivity index (χ1v) is 7.22. The van der Waals surface area contributed by atoms with Gasteiger partial charge in [0.2, 0.25) is 0 Å². The van der Waals surface area contributed by atoms with Gasteiger partial charge < -0.3 is 14.4 Å². The predicted molar refractivity (Wildman–Crippen MR) is 76.4 cm³/mol. The number of aromatic nitrogens is 2. The van der Waals surface area contributed by atoms with Gasteiger partial charge in [0.15, 0.2) is 5.16 Å². The van der Waals surface area contributed by atoms with Crippen molar-refractivity contribution in [1.82, 2.24) is 9.55 Å². The standard InChI is InChI=1S/C14H18N2O2S/c1-16-12(11-17)10-15-14(16)19-9-5-8-18-13-6-3-2-4-7-13/h2-4,6-7,10,17H,5,8-9,11H2,1H3. The van der Waals surface area contributed by atoms with E-state index in [1.165, 1.54) is 0 Å². The van der Waals surface area contributed by atoms with Crippen molar-refractivity contribution in [3.8, 4) is 5.75 Å². The van der Waals surface area contributed by atoms with E-state index in [9.17, 15) is 0 Å². The molecule has 2 rings (SSSR count). The average Bonchev–Trinajstić information content (AvgIpc) is 2.80. The summed E-state index contributed by atoms with van der Waals surface area (Å²) < 4.78 is 7.54. The molecule has 0 fully saturated rings. The van der Waals surface area contributed by atoms with Crippen LogP contribution in [0, 0.1) is 0 Å². The van der Waals surface area contributed by atoms with E-state index >= 15 is 0 Å². The van der Waals surface area contributed by atoms with E-state index < -0.39 is 0 Å². The smallest absolute Gasteiger partial charge is 0.167 e. The van der Waals surface area contributed by atoms with Gasteiger partial charge in [-0.2, -0.15) is 0 Å². The summed E-state index contributed by atoms with van der Waals surface area (Å²) in [5.74, 6) is 1.86. The van der Waals surface area contributed by atoms with Crippen LogP contribution in [0.5, 0.6) is 5.75 Å². The maximum atomic E-state index is 9.08. The number of thioether (sulfide) groups is 1. The second kappa shape index (κ2) is 7.21. The van der Waals surface area contributed by atoms with Gasteiger partial charge in [-0.15, -0.1) is 0 Å². The monoisotopic (exact) mass is 278 g/mol. The summed E-state index contributed by atoms with van der Waals surface area (Å²) in [6.45, 7) is 0.732. The summed E-state index contributed by atoms with van der Waals surface area (Å²) in [6, 6.07) is 9.82. The summed E-state index contributed by atoms with van der Waals surface area (Å²) in [6.07, 6.45) is 2.67. The number of aliphatic hydroxyl groups excluding tert-OH is 1. The quantitative estimate of drug-likeness (QED) is 0.624. The molecular formula is C14H18N2O2S. The molecule has 0 aliphatic rings. The van der Waals surface area contributed by atoms with Crippen LogP contribution in [0.3, 0.4) is 0 Å². The molecule has 0 saturated carbocycles. The van der Waals surface area contributed by atoms with Crippen LogP contribution in [0.4, 0.5) is 0 Å². The Bertz CT molecular complexity index is 499. The number of rotatable bonds is 7. The number of ether oxygens (including phenoxy) is 1. The van der Waals surface area contributed by atoms with Gasteiger partial charge in [-0.05, 0) is 18.6 Å². The van der Waals surface area contributed by atoms with Gasteiger partial charge in [0.1, 0.15) is 5.75 Å². The summed E-state index contributed by atoms with van der Waals surface area (Å²) in [5.41, 5.74) is 0.836. The molecule has 19 heavy (non-hydrogen) atoms.